The average Bonchev–Trinajstić information content (AvgIpc) is 2.57. The maximum atomic E-state index is 13.1. The van der Waals surface area contributed by atoms with Crippen molar-refractivity contribution in [2.75, 3.05) is 13.2 Å². The molecule has 0 spiro atoms. The van der Waals surface area contributed by atoms with Gasteiger partial charge in [-0.2, -0.15) is 4.31 Å². The van der Waals surface area contributed by atoms with Crippen molar-refractivity contribution in [2.24, 2.45) is 0 Å². The molecule has 24 heavy (non-hydrogen) atoms. The molecule has 0 bridgehead atoms. The van der Waals surface area contributed by atoms with E-state index < -0.39 is 10.0 Å². The molecule has 6 heteroatoms. The van der Waals surface area contributed by atoms with Crippen LogP contribution in [-0.4, -0.2) is 25.9 Å². The molecule has 1 heterocycles. The molecular weight excluding hydrogens is 346 g/mol. The fraction of sp³-hybridized carbons (Fsp3) is 0.333. The van der Waals surface area contributed by atoms with Gasteiger partial charge >= 0.3 is 0 Å². The van der Waals surface area contributed by atoms with Crippen molar-refractivity contribution in [3.8, 4) is 5.75 Å². The number of sulfonamides is 1. The maximum Gasteiger partial charge on any atom is 0.247 e. The molecular formula is C18H20ClNO3S. The summed E-state index contributed by atoms with van der Waals surface area (Å²) in [6.07, 6.45) is 0.707. The molecule has 0 unspecified atom stereocenters. The van der Waals surface area contributed by atoms with Gasteiger partial charge < -0.3 is 4.74 Å². The lowest BCUT2D eigenvalue weighted by atomic mass is 10.0. The zero-order chi connectivity index (χ0) is 17.3. The Morgan fingerprint density at radius 3 is 2.62 bits per heavy atom. The van der Waals surface area contributed by atoms with Crippen LogP contribution in [0, 0.1) is 6.92 Å². The lowest BCUT2D eigenvalue weighted by Crippen LogP contribution is -2.36. The second-order valence-corrected chi connectivity index (χ2v) is 8.15. The normalized spacial score (nSPS) is 15.1. The standard InChI is InChI=1S/C18H20ClNO3S/c1-3-23-17-10-13(2)16(19)11-18(17)24(21,22)20-9-8-14-6-4-5-7-15(14)12-20/h4-7,10-11H,3,8-9,12H2,1-2H3. The summed E-state index contributed by atoms with van der Waals surface area (Å²) in [6.45, 7) is 4.88. The van der Waals surface area contributed by atoms with Gasteiger partial charge in [-0.25, -0.2) is 8.42 Å². The van der Waals surface area contributed by atoms with Crippen LogP contribution in [0.1, 0.15) is 23.6 Å². The maximum absolute atomic E-state index is 13.1. The Bertz CT molecular complexity index is 865. The summed E-state index contributed by atoms with van der Waals surface area (Å²) in [4.78, 5) is 0.138. The molecule has 128 valence electrons. The second kappa shape index (κ2) is 6.75. The number of aryl methyl sites for hydroxylation is 1. The predicted molar refractivity (Wildman–Crippen MR) is 95.1 cm³/mol. The minimum Gasteiger partial charge on any atom is -0.492 e. The monoisotopic (exact) mass is 365 g/mol. The molecule has 0 N–H and O–H groups in total. The van der Waals surface area contributed by atoms with E-state index in [1.165, 1.54) is 15.9 Å². The third-order valence-electron chi connectivity index (χ3n) is 4.24. The summed E-state index contributed by atoms with van der Waals surface area (Å²) in [6, 6.07) is 11.1. The van der Waals surface area contributed by atoms with Crippen LogP contribution in [0.3, 0.4) is 0 Å². The molecule has 0 saturated carbocycles. The molecule has 0 radical (unpaired) electrons. The molecule has 0 aromatic heterocycles. The summed E-state index contributed by atoms with van der Waals surface area (Å²) in [7, 11) is -3.67. The van der Waals surface area contributed by atoms with Crippen molar-refractivity contribution < 1.29 is 13.2 Å². The Morgan fingerprint density at radius 2 is 1.92 bits per heavy atom. The van der Waals surface area contributed by atoms with E-state index in [0.717, 1.165) is 11.1 Å². The van der Waals surface area contributed by atoms with Crippen molar-refractivity contribution in [3.05, 3.63) is 58.1 Å². The first-order valence-electron chi connectivity index (χ1n) is 7.93. The molecule has 0 atom stereocenters. The van der Waals surface area contributed by atoms with Crippen LogP contribution in [-0.2, 0) is 23.0 Å². The number of ether oxygens (including phenoxy) is 1. The quantitative estimate of drug-likeness (QED) is 0.828. The Balaban J connectivity index is 2.01. The Hall–Kier alpha value is -1.56. The molecule has 3 rings (SSSR count). The molecule has 0 aliphatic carbocycles. The number of rotatable bonds is 4. The van der Waals surface area contributed by atoms with Gasteiger partial charge in [-0.15, -0.1) is 0 Å². The smallest absolute Gasteiger partial charge is 0.247 e. The Labute approximate surface area is 148 Å². The first-order valence-corrected chi connectivity index (χ1v) is 9.75. The third kappa shape index (κ3) is 3.16. The summed E-state index contributed by atoms with van der Waals surface area (Å²) < 4.78 is 33.3. The number of halogens is 1. The van der Waals surface area contributed by atoms with Crippen LogP contribution in [0.2, 0.25) is 5.02 Å². The molecule has 0 saturated heterocycles. The predicted octanol–water partition coefficient (Wildman–Crippen LogP) is 3.79. The van der Waals surface area contributed by atoms with Gasteiger partial charge in [-0.1, -0.05) is 35.9 Å². The largest absolute Gasteiger partial charge is 0.492 e. The average molecular weight is 366 g/mol. The summed E-state index contributed by atoms with van der Waals surface area (Å²) >= 11 is 6.17. The van der Waals surface area contributed by atoms with Gasteiger partial charge in [0.25, 0.3) is 0 Å². The van der Waals surface area contributed by atoms with Crippen LogP contribution >= 0.6 is 11.6 Å². The number of fused-ring (bicyclic) bond motifs is 1. The van der Waals surface area contributed by atoms with Gasteiger partial charge in [0, 0.05) is 18.1 Å². The lowest BCUT2D eigenvalue weighted by molar-refractivity contribution is 0.327. The number of nitrogens with zero attached hydrogens (tertiary/aromatic N) is 1. The summed E-state index contributed by atoms with van der Waals surface area (Å²) in [5.41, 5.74) is 3.04. The second-order valence-electron chi connectivity index (χ2n) is 5.84. The number of hydrogen-bond acceptors (Lipinski definition) is 3. The van der Waals surface area contributed by atoms with E-state index in [4.69, 9.17) is 16.3 Å². The molecule has 2 aromatic carbocycles. The van der Waals surface area contributed by atoms with E-state index in [1.54, 1.807) is 6.07 Å². The SMILES string of the molecule is CCOc1cc(C)c(Cl)cc1S(=O)(=O)N1CCc2ccccc2C1. The van der Waals surface area contributed by atoms with Crippen molar-refractivity contribution >= 4 is 21.6 Å². The molecule has 1 aliphatic rings. The zero-order valence-corrected chi connectivity index (χ0v) is 15.3. The minimum absolute atomic E-state index is 0.138. The summed E-state index contributed by atoms with van der Waals surface area (Å²) in [5.74, 6) is 0.359. The molecule has 0 amide bonds. The van der Waals surface area contributed by atoms with Crippen LogP contribution in [0.5, 0.6) is 5.75 Å². The highest BCUT2D eigenvalue weighted by molar-refractivity contribution is 7.89. The van der Waals surface area contributed by atoms with Gasteiger partial charge in [-0.05, 0) is 49.1 Å². The molecule has 1 aliphatic heterocycles. The Kier molecular flexibility index (Phi) is 4.85. The number of benzene rings is 2. The van der Waals surface area contributed by atoms with E-state index in [1.807, 2.05) is 38.1 Å². The van der Waals surface area contributed by atoms with Crippen LogP contribution in [0.15, 0.2) is 41.3 Å². The molecule has 2 aromatic rings. The van der Waals surface area contributed by atoms with Crippen LogP contribution < -0.4 is 4.74 Å². The zero-order valence-electron chi connectivity index (χ0n) is 13.8. The lowest BCUT2D eigenvalue weighted by Gasteiger charge is -2.28. The fourth-order valence-corrected chi connectivity index (χ4v) is 4.71. The third-order valence-corrected chi connectivity index (χ3v) is 6.51. The highest BCUT2D eigenvalue weighted by atomic mass is 35.5. The molecule has 0 fully saturated rings. The molecule has 4 nitrogen and oxygen atoms in total. The van der Waals surface area contributed by atoms with Crippen LogP contribution in [0.25, 0.3) is 0 Å². The van der Waals surface area contributed by atoms with Gasteiger partial charge in [0.05, 0.1) is 6.61 Å². The van der Waals surface area contributed by atoms with E-state index in [-0.39, 0.29) is 4.90 Å². The van der Waals surface area contributed by atoms with Gasteiger partial charge in [-0.3, -0.25) is 0 Å². The topological polar surface area (TPSA) is 46.6 Å². The van der Waals surface area contributed by atoms with E-state index in [2.05, 4.69) is 0 Å². The van der Waals surface area contributed by atoms with E-state index in [9.17, 15) is 8.42 Å². The minimum atomic E-state index is -3.67. The van der Waals surface area contributed by atoms with Gasteiger partial charge in [0.2, 0.25) is 10.0 Å². The summed E-state index contributed by atoms with van der Waals surface area (Å²) in [5, 5.41) is 0.425. The Morgan fingerprint density at radius 1 is 1.21 bits per heavy atom. The number of hydrogen-bond donors (Lipinski definition) is 0. The first kappa shape index (κ1) is 17.3. The van der Waals surface area contributed by atoms with Crippen molar-refractivity contribution in [2.45, 2.75) is 31.7 Å². The van der Waals surface area contributed by atoms with Crippen molar-refractivity contribution in [3.63, 3.8) is 0 Å². The highest BCUT2D eigenvalue weighted by Crippen LogP contribution is 2.34. The van der Waals surface area contributed by atoms with Crippen molar-refractivity contribution in [1.82, 2.24) is 4.31 Å². The van der Waals surface area contributed by atoms with Gasteiger partial charge in [0.15, 0.2) is 0 Å². The van der Waals surface area contributed by atoms with Crippen molar-refractivity contribution in [1.29, 1.82) is 0 Å². The van der Waals surface area contributed by atoms with E-state index >= 15 is 0 Å². The highest BCUT2D eigenvalue weighted by Gasteiger charge is 2.31. The van der Waals surface area contributed by atoms with Gasteiger partial charge in [0.1, 0.15) is 10.6 Å². The first-order chi connectivity index (χ1) is 11.4. The van der Waals surface area contributed by atoms with Crippen LogP contribution in [0.4, 0.5) is 0 Å². The van der Waals surface area contributed by atoms with E-state index in [0.29, 0.717) is 36.9 Å². The fourth-order valence-electron chi connectivity index (χ4n) is 2.92.